The number of hydrogen-bond acceptors (Lipinski definition) is 6. The molecule has 0 fully saturated rings. The summed E-state index contributed by atoms with van der Waals surface area (Å²) in [6.07, 6.45) is 0. The summed E-state index contributed by atoms with van der Waals surface area (Å²) in [5.74, 6) is 0.133. The van der Waals surface area contributed by atoms with Crippen molar-refractivity contribution in [2.24, 2.45) is 0 Å². The molecule has 0 aliphatic rings. The topological polar surface area (TPSA) is 85.1 Å². The number of rotatable bonds is 4. The highest BCUT2D eigenvalue weighted by Gasteiger charge is 2.19. The third-order valence-electron chi connectivity index (χ3n) is 2.66. The number of nitrogens with zero attached hydrogens (tertiary/aromatic N) is 2. The summed E-state index contributed by atoms with van der Waals surface area (Å²) in [5.41, 5.74) is 0.156. The zero-order valence-corrected chi connectivity index (χ0v) is 12.9. The molecule has 3 rings (SSSR count). The van der Waals surface area contributed by atoms with Crippen LogP contribution in [0.3, 0.4) is 0 Å². The van der Waals surface area contributed by atoms with Gasteiger partial charge >= 0.3 is 0 Å². The van der Waals surface area contributed by atoms with Crippen LogP contribution < -0.4 is 4.72 Å². The number of aryl methyl sites for hydroxylation is 1. The van der Waals surface area contributed by atoms with Crippen LogP contribution in [0.4, 0.5) is 10.1 Å². The van der Waals surface area contributed by atoms with Crippen molar-refractivity contribution in [2.75, 3.05) is 4.72 Å². The van der Waals surface area contributed by atoms with Gasteiger partial charge in [0.2, 0.25) is 5.89 Å². The number of sulfonamides is 1. The molecule has 1 aromatic carbocycles. The van der Waals surface area contributed by atoms with Crippen LogP contribution in [0.15, 0.2) is 45.0 Å². The normalized spacial score (nSPS) is 11.5. The first-order chi connectivity index (χ1) is 10.4. The number of thiophene rings is 1. The van der Waals surface area contributed by atoms with Crippen LogP contribution in [-0.2, 0) is 10.0 Å². The lowest BCUT2D eigenvalue weighted by Gasteiger charge is -2.05. The molecule has 9 heteroatoms. The van der Waals surface area contributed by atoms with Gasteiger partial charge in [-0.3, -0.25) is 4.72 Å². The fourth-order valence-electron chi connectivity index (χ4n) is 1.73. The van der Waals surface area contributed by atoms with Crippen LogP contribution in [-0.4, -0.2) is 18.6 Å². The summed E-state index contributed by atoms with van der Waals surface area (Å²) >= 11 is 0.989. The van der Waals surface area contributed by atoms with Crippen LogP contribution in [0, 0.1) is 12.7 Å². The number of aromatic nitrogens is 2. The first-order valence-corrected chi connectivity index (χ1v) is 8.43. The molecule has 1 N–H and O–H groups in total. The van der Waals surface area contributed by atoms with Gasteiger partial charge in [0.05, 0.1) is 10.6 Å². The predicted octanol–water partition coefficient (Wildman–Crippen LogP) is 3.05. The molecule has 0 radical (unpaired) electrons. The molecule has 0 bridgehead atoms. The Kier molecular flexibility index (Phi) is 3.67. The van der Waals surface area contributed by atoms with Crippen LogP contribution in [0.5, 0.6) is 0 Å². The number of anilines is 1. The second-order valence-corrected chi connectivity index (χ2v) is 7.35. The van der Waals surface area contributed by atoms with Gasteiger partial charge in [0, 0.05) is 6.92 Å². The van der Waals surface area contributed by atoms with E-state index in [1.807, 2.05) is 0 Å². The Labute approximate surface area is 129 Å². The highest BCUT2D eigenvalue weighted by molar-refractivity contribution is 7.94. The van der Waals surface area contributed by atoms with E-state index >= 15 is 0 Å². The van der Waals surface area contributed by atoms with E-state index in [0.717, 1.165) is 17.4 Å². The Balaban J connectivity index is 1.88. The minimum atomic E-state index is -3.80. The molecule has 3 aromatic rings. The molecule has 2 aromatic heterocycles. The Hall–Kier alpha value is -2.26. The second kappa shape index (κ2) is 5.50. The van der Waals surface area contributed by atoms with Gasteiger partial charge in [-0.2, -0.15) is 0 Å². The number of nitrogens with one attached hydrogen (secondary N) is 1. The Morgan fingerprint density at radius 1 is 1.23 bits per heavy atom. The third kappa shape index (κ3) is 3.00. The molecular weight excluding hydrogens is 329 g/mol. The molecule has 0 unspecified atom stereocenters. The molecule has 0 atom stereocenters. The van der Waals surface area contributed by atoms with Gasteiger partial charge in [-0.05, 0) is 30.3 Å². The first-order valence-electron chi connectivity index (χ1n) is 6.13. The molecule has 0 amide bonds. The van der Waals surface area contributed by atoms with Crippen molar-refractivity contribution >= 4 is 27.0 Å². The minimum absolute atomic E-state index is 0.0719. The van der Waals surface area contributed by atoms with Crippen LogP contribution in [0.2, 0.25) is 0 Å². The lowest BCUT2D eigenvalue weighted by molar-refractivity contribution is 0.534. The maximum atomic E-state index is 13.1. The monoisotopic (exact) mass is 339 g/mol. The van der Waals surface area contributed by atoms with Crippen molar-refractivity contribution in [3.63, 3.8) is 0 Å². The Morgan fingerprint density at radius 2 is 2.05 bits per heavy atom. The highest BCUT2D eigenvalue weighted by Crippen LogP contribution is 2.30. The molecule has 0 spiro atoms. The zero-order valence-electron chi connectivity index (χ0n) is 11.3. The number of benzene rings is 1. The van der Waals surface area contributed by atoms with Crippen molar-refractivity contribution in [1.82, 2.24) is 10.2 Å². The van der Waals surface area contributed by atoms with Gasteiger partial charge in [0.15, 0.2) is 0 Å². The Bertz CT molecular complexity index is 918. The molecule has 0 saturated heterocycles. The summed E-state index contributed by atoms with van der Waals surface area (Å²) in [7, 11) is -3.80. The van der Waals surface area contributed by atoms with Crippen molar-refractivity contribution in [3.05, 3.63) is 48.1 Å². The van der Waals surface area contributed by atoms with E-state index in [2.05, 4.69) is 14.9 Å². The van der Waals surface area contributed by atoms with Gasteiger partial charge in [0.1, 0.15) is 10.0 Å². The fraction of sp³-hybridized carbons (Fsp3) is 0.0769. The van der Waals surface area contributed by atoms with Gasteiger partial charge in [0.25, 0.3) is 15.9 Å². The lowest BCUT2D eigenvalue weighted by atomic mass is 10.3. The summed E-state index contributed by atoms with van der Waals surface area (Å²) in [6.45, 7) is 1.65. The zero-order chi connectivity index (χ0) is 15.7. The van der Waals surface area contributed by atoms with E-state index < -0.39 is 15.8 Å². The predicted molar refractivity (Wildman–Crippen MR) is 79.6 cm³/mol. The molecule has 0 saturated carbocycles. The van der Waals surface area contributed by atoms with Gasteiger partial charge in [-0.1, -0.05) is 6.07 Å². The lowest BCUT2D eigenvalue weighted by Crippen LogP contribution is -2.11. The number of hydrogen-bond donors (Lipinski definition) is 1. The average molecular weight is 339 g/mol. The SMILES string of the molecule is Cc1nnc(-c2ccc(S(=O)(=O)Nc3cccc(F)c3)s2)o1. The molecule has 114 valence electrons. The van der Waals surface area contributed by atoms with E-state index in [-0.39, 0.29) is 15.8 Å². The standard InChI is InChI=1S/C13H10FN3O3S2/c1-8-15-16-13(20-8)11-5-6-12(21-11)22(18,19)17-10-4-2-3-9(14)7-10/h2-7,17H,1H3. The quantitative estimate of drug-likeness (QED) is 0.789. The largest absolute Gasteiger partial charge is 0.420 e. The summed E-state index contributed by atoms with van der Waals surface area (Å²) < 4.78 is 45.3. The molecule has 2 heterocycles. The van der Waals surface area contributed by atoms with Crippen molar-refractivity contribution in [2.45, 2.75) is 11.1 Å². The van der Waals surface area contributed by atoms with Crippen LogP contribution in [0.25, 0.3) is 10.8 Å². The van der Waals surface area contributed by atoms with Crippen molar-refractivity contribution in [1.29, 1.82) is 0 Å². The van der Waals surface area contributed by atoms with E-state index in [4.69, 9.17) is 4.42 Å². The van der Waals surface area contributed by atoms with Gasteiger partial charge in [-0.25, -0.2) is 12.8 Å². The van der Waals surface area contributed by atoms with Crippen molar-refractivity contribution < 1.29 is 17.2 Å². The molecule has 0 aliphatic heterocycles. The smallest absolute Gasteiger partial charge is 0.271 e. The molecule has 0 aliphatic carbocycles. The summed E-state index contributed by atoms with van der Waals surface area (Å²) in [5, 5.41) is 7.53. The van der Waals surface area contributed by atoms with Crippen LogP contribution in [0.1, 0.15) is 5.89 Å². The van der Waals surface area contributed by atoms with Crippen molar-refractivity contribution in [3.8, 4) is 10.8 Å². The van der Waals surface area contributed by atoms with Gasteiger partial charge in [-0.15, -0.1) is 21.5 Å². The van der Waals surface area contributed by atoms with Gasteiger partial charge < -0.3 is 4.42 Å². The first kappa shape index (κ1) is 14.7. The highest BCUT2D eigenvalue weighted by atomic mass is 32.2. The second-order valence-electron chi connectivity index (χ2n) is 4.36. The fourth-order valence-corrected chi connectivity index (χ4v) is 4.01. The average Bonchev–Trinajstić information content (AvgIpc) is 3.06. The number of halogens is 1. The van der Waals surface area contributed by atoms with E-state index in [1.165, 1.54) is 24.3 Å². The third-order valence-corrected chi connectivity index (χ3v) is 5.61. The van der Waals surface area contributed by atoms with E-state index in [0.29, 0.717) is 10.8 Å². The van der Waals surface area contributed by atoms with E-state index in [1.54, 1.807) is 13.0 Å². The van der Waals surface area contributed by atoms with Crippen LogP contribution >= 0.6 is 11.3 Å². The maximum Gasteiger partial charge on any atom is 0.271 e. The molecule has 6 nitrogen and oxygen atoms in total. The minimum Gasteiger partial charge on any atom is -0.420 e. The Morgan fingerprint density at radius 3 is 2.73 bits per heavy atom. The maximum absolute atomic E-state index is 13.1. The molecular formula is C13H10FN3O3S2. The van der Waals surface area contributed by atoms with E-state index in [9.17, 15) is 12.8 Å². The molecule has 22 heavy (non-hydrogen) atoms. The summed E-state index contributed by atoms with van der Waals surface area (Å²) in [6, 6.07) is 8.25. The summed E-state index contributed by atoms with van der Waals surface area (Å²) in [4.78, 5) is 0.542.